The average molecular weight is 732 g/mol. The second-order valence-corrected chi connectivity index (χ2v) is 15.6. The van der Waals surface area contributed by atoms with Crippen molar-refractivity contribution in [3.63, 3.8) is 0 Å². The molecule has 2 aromatic heterocycles. The summed E-state index contributed by atoms with van der Waals surface area (Å²) in [6, 6.07) is 14.8. The number of fused-ring (bicyclic) bond motifs is 1. The molecule has 3 saturated heterocycles. The van der Waals surface area contributed by atoms with Crippen molar-refractivity contribution in [1.29, 1.82) is 0 Å². The number of likely N-dealkylation sites (tertiary alicyclic amines) is 1. The lowest BCUT2D eigenvalue weighted by atomic mass is 9.84. The predicted molar refractivity (Wildman–Crippen MR) is 206 cm³/mol. The molecule has 0 saturated carbocycles. The molecule has 4 aromatic rings. The van der Waals surface area contributed by atoms with E-state index in [1.807, 2.05) is 23.1 Å². The summed E-state index contributed by atoms with van der Waals surface area (Å²) in [5.41, 5.74) is 7.23. The molecule has 0 aliphatic carbocycles. The first-order valence-electron chi connectivity index (χ1n) is 19.3. The number of nitrogens with zero attached hydrogens (tertiary/aromatic N) is 7. The Kier molecular flexibility index (Phi) is 10.1. The molecule has 4 aliphatic rings. The van der Waals surface area contributed by atoms with E-state index in [9.17, 15) is 19.2 Å². The molecule has 13 nitrogen and oxygen atoms in total. The van der Waals surface area contributed by atoms with Gasteiger partial charge in [-0.05, 0) is 91.2 Å². The van der Waals surface area contributed by atoms with Crippen LogP contribution in [0.5, 0.6) is 0 Å². The number of rotatable bonds is 10. The van der Waals surface area contributed by atoms with Crippen molar-refractivity contribution in [1.82, 2.24) is 40.0 Å². The van der Waals surface area contributed by atoms with Gasteiger partial charge < -0.3 is 24.6 Å². The van der Waals surface area contributed by atoms with Crippen molar-refractivity contribution in [2.24, 2.45) is 5.92 Å². The van der Waals surface area contributed by atoms with E-state index in [0.29, 0.717) is 56.4 Å². The first-order valence-corrected chi connectivity index (χ1v) is 19.3. The highest BCUT2D eigenvalue weighted by atomic mass is 16.2. The Morgan fingerprint density at radius 2 is 1.78 bits per heavy atom. The highest BCUT2D eigenvalue weighted by Gasteiger charge is 2.32. The number of hydrogen-bond acceptors (Lipinski definition) is 8. The minimum absolute atomic E-state index is 0.0469. The highest BCUT2D eigenvalue weighted by Crippen LogP contribution is 2.38. The summed E-state index contributed by atoms with van der Waals surface area (Å²) in [7, 11) is 3.55. The largest absolute Gasteiger partial charge is 0.371 e. The van der Waals surface area contributed by atoms with Crippen LogP contribution >= 0.6 is 0 Å². The van der Waals surface area contributed by atoms with E-state index in [-0.39, 0.29) is 29.5 Å². The number of piperidine rings is 2. The average Bonchev–Trinajstić information content (AvgIpc) is 3.86. The Morgan fingerprint density at radius 3 is 2.50 bits per heavy atom. The highest BCUT2D eigenvalue weighted by molar-refractivity contribution is 6.01. The number of carbonyl (C=O) groups is 4. The van der Waals surface area contributed by atoms with Gasteiger partial charge in [0.2, 0.25) is 17.7 Å². The third-order valence-corrected chi connectivity index (χ3v) is 11.7. The number of carbonyl (C=O) groups excluding carboxylic acids is 4. The van der Waals surface area contributed by atoms with E-state index in [4.69, 9.17) is 0 Å². The maximum Gasteiger partial charge on any atom is 0.269 e. The first-order chi connectivity index (χ1) is 26.2. The molecule has 282 valence electrons. The van der Waals surface area contributed by atoms with Crippen molar-refractivity contribution in [2.75, 3.05) is 64.8 Å². The number of nitrogens with one attached hydrogen (secondary N) is 2. The Bertz CT molecular complexity index is 2060. The normalized spacial score (nSPS) is 20.2. The third-order valence-electron chi connectivity index (χ3n) is 11.7. The molecule has 2 aromatic carbocycles. The van der Waals surface area contributed by atoms with Crippen LogP contribution in [0.2, 0.25) is 0 Å². The molecule has 4 amide bonds. The third kappa shape index (κ3) is 7.54. The SMILES string of the molecule is CN(C)C(=O)c1cc2c(C3CCN(CC4CN(c5ccc(C6CCC(=O)NC6=O)cc5)C4)CC3)cc(C3=CCCN(C(=O)CCn4ccnn4)C3)cc2[nH]1. The summed E-state index contributed by atoms with van der Waals surface area (Å²) < 4.78 is 1.69. The van der Waals surface area contributed by atoms with Crippen molar-refractivity contribution in [2.45, 2.75) is 56.9 Å². The molecule has 3 fully saturated rings. The van der Waals surface area contributed by atoms with E-state index >= 15 is 0 Å². The first kappa shape index (κ1) is 35.7. The van der Waals surface area contributed by atoms with Gasteiger partial charge in [0, 0.05) is 88.4 Å². The smallest absolute Gasteiger partial charge is 0.269 e. The zero-order valence-corrected chi connectivity index (χ0v) is 31.2. The lowest BCUT2D eigenvalue weighted by Crippen LogP contribution is -2.52. The number of aryl methyl sites for hydroxylation is 1. The van der Waals surface area contributed by atoms with E-state index in [1.54, 1.807) is 36.1 Å². The van der Waals surface area contributed by atoms with Gasteiger partial charge in [0.05, 0.1) is 18.7 Å². The van der Waals surface area contributed by atoms with Crippen molar-refractivity contribution in [3.8, 4) is 0 Å². The molecule has 2 N–H and O–H groups in total. The van der Waals surface area contributed by atoms with Crippen LogP contribution in [0, 0.1) is 5.92 Å². The van der Waals surface area contributed by atoms with Crippen LogP contribution in [0.3, 0.4) is 0 Å². The zero-order chi connectivity index (χ0) is 37.3. The summed E-state index contributed by atoms with van der Waals surface area (Å²) in [5.74, 6) is 0.404. The van der Waals surface area contributed by atoms with E-state index in [1.165, 1.54) is 11.3 Å². The van der Waals surface area contributed by atoms with Gasteiger partial charge in [0.25, 0.3) is 5.91 Å². The number of hydrogen-bond donors (Lipinski definition) is 2. The summed E-state index contributed by atoms with van der Waals surface area (Å²) in [6.07, 6.45) is 9.89. The topological polar surface area (TPSA) is 140 Å². The predicted octanol–water partition coefficient (Wildman–Crippen LogP) is 4.00. The molecule has 0 bridgehead atoms. The van der Waals surface area contributed by atoms with Crippen molar-refractivity contribution >= 4 is 45.8 Å². The van der Waals surface area contributed by atoms with Crippen LogP contribution in [-0.2, 0) is 20.9 Å². The van der Waals surface area contributed by atoms with Crippen LogP contribution in [0.4, 0.5) is 5.69 Å². The zero-order valence-electron chi connectivity index (χ0n) is 31.2. The molecule has 8 rings (SSSR count). The van der Waals surface area contributed by atoms with Gasteiger partial charge in [-0.25, -0.2) is 0 Å². The second-order valence-electron chi connectivity index (χ2n) is 15.6. The molecule has 54 heavy (non-hydrogen) atoms. The van der Waals surface area contributed by atoms with Crippen LogP contribution in [0.25, 0.3) is 16.5 Å². The Balaban J connectivity index is 0.904. The van der Waals surface area contributed by atoms with Crippen LogP contribution in [0.1, 0.15) is 77.5 Å². The molecule has 4 aliphatic heterocycles. The molecule has 6 heterocycles. The summed E-state index contributed by atoms with van der Waals surface area (Å²) in [6.45, 7) is 6.93. The fourth-order valence-electron chi connectivity index (χ4n) is 8.65. The minimum atomic E-state index is -0.255. The number of aromatic amines is 1. The molecular weight excluding hydrogens is 683 g/mol. The van der Waals surface area contributed by atoms with Crippen molar-refractivity contribution < 1.29 is 19.2 Å². The quantitative estimate of drug-likeness (QED) is 0.234. The van der Waals surface area contributed by atoms with E-state index < -0.39 is 0 Å². The standard InChI is InChI=1S/C41H49N9O4/c1-46(2)41(54)37-22-35-34(20-31(21-36(35)43-37)30-4-3-15-48(26-30)39(52)13-18-50-19-14-42-45-50)29-11-16-47(17-12-29)23-27-24-49(25-27)32-7-5-28(6-8-32)33-9-10-38(51)44-40(33)53/h4-8,14,19-22,27,29,33,43H,3,9-13,15-18,23-26H2,1-2H3,(H,44,51,53). The molecule has 1 unspecified atom stereocenters. The molecule has 1 atom stereocenters. The summed E-state index contributed by atoms with van der Waals surface area (Å²) in [5, 5.41) is 11.4. The molecule has 0 radical (unpaired) electrons. The number of amides is 4. The molecule has 13 heteroatoms. The Morgan fingerprint density at radius 1 is 0.981 bits per heavy atom. The molecule has 0 spiro atoms. The maximum absolute atomic E-state index is 13.2. The Hall–Kier alpha value is -5.30. The second kappa shape index (κ2) is 15.2. The van der Waals surface area contributed by atoms with Gasteiger partial charge in [-0.15, -0.1) is 5.10 Å². The minimum Gasteiger partial charge on any atom is -0.371 e. The fourth-order valence-corrected chi connectivity index (χ4v) is 8.65. The number of benzene rings is 2. The van der Waals surface area contributed by atoms with E-state index in [2.05, 4.69) is 60.8 Å². The van der Waals surface area contributed by atoms with Crippen molar-refractivity contribution in [3.05, 3.63) is 83.3 Å². The lowest BCUT2D eigenvalue weighted by Gasteiger charge is -2.44. The van der Waals surface area contributed by atoms with Gasteiger partial charge in [-0.3, -0.25) is 29.2 Å². The monoisotopic (exact) mass is 731 g/mol. The molecular formula is C41H49N9O4. The fraction of sp³-hybridized carbons (Fsp3) is 0.463. The summed E-state index contributed by atoms with van der Waals surface area (Å²) >= 11 is 0. The van der Waals surface area contributed by atoms with Crippen LogP contribution < -0.4 is 10.2 Å². The van der Waals surface area contributed by atoms with E-state index in [0.717, 1.165) is 79.6 Å². The van der Waals surface area contributed by atoms with Gasteiger partial charge in [0.15, 0.2) is 0 Å². The van der Waals surface area contributed by atoms with Gasteiger partial charge in [-0.1, -0.05) is 29.5 Å². The summed E-state index contributed by atoms with van der Waals surface area (Å²) in [4.78, 5) is 62.1. The number of H-pyrrole nitrogens is 1. The number of anilines is 1. The van der Waals surface area contributed by atoms with Crippen LogP contribution in [0.15, 0.2) is 60.9 Å². The van der Waals surface area contributed by atoms with Crippen LogP contribution in [-0.4, -0.2) is 118 Å². The Labute approximate surface area is 315 Å². The van der Waals surface area contributed by atoms with Gasteiger partial charge >= 0.3 is 0 Å². The number of aromatic nitrogens is 4. The van der Waals surface area contributed by atoms with Gasteiger partial charge in [-0.2, -0.15) is 0 Å². The van der Waals surface area contributed by atoms with Gasteiger partial charge in [0.1, 0.15) is 5.69 Å². The lowest BCUT2D eigenvalue weighted by molar-refractivity contribution is -0.134. The maximum atomic E-state index is 13.2. The number of imide groups is 1.